The molecule has 1 aromatic rings. The summed E-state index contributed by atoms with van der Waals surface area (Å²) >= 11 is 0. The van der Waals surface area contributed by atoms with Crippen LogP contribution in [0.15, 0.2) is 24.3 Å². The number of nitrogens with one attached hydrogen (secondary N) is 2. The fourth-order valence-corrected chi connectivity index (χ4v) is 1.53. The first-order valence-corrected chi connectivity index (χ1v) is 4.09. The monoisotopic (exact) mass is 178 g/mol. The number of carbonyl (C=O) groups is 1. The third kappa shape index (κ3) is 1.36. The van der Waals surface area contributed by atoms with Crippen LogP contribution < -0.4 is 10.8 Å². The standard InChI is InChI=1S/C9H10N2O2/c12-9(11-13)8-5-6-3-1-2-4-7(6)10-8/h1-4,8,10,13H,5H2,(H,11,12). The molecule has 0 fully saturated rings. The molecule has 3 N–H and O–H groups in total. The van der Waals surface area contributed by atoms with E-state index in [4.69, 9.17) is 5.21 Å². The van der Waals surface area contributed by atoms with Crippen LogP contribution in [0.5, 0.6) is 0 Å². The molecule has 0 radical (unpaired) electrons. The molecule has 2 rings (SSSR count). The van der Waals surface area contributed by atoms with Crippen LogP contribution in [0.1, 0.15) is 5.56 Å². The van der Waals surface area contributed by atoms with E-state index in [-0.39, 0.29) is 6.04 Å². The van der Waals surface area contributed by atoms with Gasteiger partial charge in [-0.2, -0.15) is 0 Å². The summed E-state index contributed by atoms with van der Waals surface area (Å²) < 4.78 is 0. The molecule has 1 aliphatic rings. The van der Waals surface area contributed by atoms with Crippen molar-refractivity contribution in [3.8, 4) is 0 Å². The second kappa shape index (κ2) is 3.06. The third-order valence-corrected chi connectivity index (χ3v) is 2.20. The van der Waals surface area contributed by atoms with Crippen molar-refractivity contribution in [3.63, 3.8) is 0 Å². The van der Waals surface area contributed by atoms with Gasteiger partial charge in [-0.25, -0.2) is 5.48 Å². The van der Waals surface area contributed by atoms with Gasteiger partial charge in [-0.15, -0.1) is 0 Å². The molecule has 1 aromatic carbocycles. The smallest absolute Gasteiger partial charge is 0.266 e. The lowest BCUT2D eigenvalue weighted by atomic mass is 10.1. The Balaban J connectivity index is 2.18. The molecule has 0 bridgehead atoms. The van der Waals surface area contributed by atoms with Gasteiger partial charge in [0.2, 0.25) is 0 Å². The van der Waals surface area contributed by atoms with Crippen molar-refractivity contribution >= 4 is 11.6 Å². The summed E-state index contributed by atoms with van der Waals surface area (Å²) in [7, 11) is 0. The van der Waals surface area contributed by atoms with Crippen molar-refractivity contribution in [1.29, 1.82) is 0 Å². The largest absolute Gasteiger partial charge is 0.373 e. The van der Waals surface area contributed by atoms with E-state index in [0.29, 0.717) is 6.42 Å². The Morgan fingerprint density at radius 3 is 3.00 bits per heavy atom. The number of fused-ring (bicyclic) bond motifs is 1. The number of anilines is 1. The summed E-state index contributed by atoms with van der Waals surface area (Å²) in [6, 6.07) is 7.38. The summed E-state index contributed by atoms with van der Waals surface area (Å²) in [5, 5.41) is 11.4. The maximum atomic E-state index is 11.1. The van der Waals surface area contributed by atoms with Crippen molar-refractivity contribution in [1.82, 2.24) is 5.48 Å². The summed E-state index contributed by atoms with van der Waals surface area (Å²) in [5.74, 6) is -0.392. The Hall–Kier alpha value is -1.55. The number of rotatable bonds is 1. The van der Waals surface area contributed by atoms with Gasteiger partial charge in [-0.3, -0.25) is 10.0 Å². The molecule has 1 unspecified atom stereocenters. The molecule has 4 nitrogen and oxygen atoms in total. The molecule has 4 heteroatoms. The van der Waals surface area contributed by atoms with Gasteiger partial charge in [0.05, 0.1) is 0 Å². The molecule has 1 atom stereocenters. The van der Waals surface area contributed by atoms with E-state index in [1.165, 1.54) is 0 Å². The fraction of sp³-hybridized carbons (Fsp3) is 0.222. The molecule has 0 saturated carbocycles. The molecule has 1 aliphatic heterocycles. The van der Waals surface area contributed by atoms with Crippen LogP contribution in [0.3, 0.4) is 0 Å². The Morgan fingerprint density at radius 1 is 1.54 bits per heavy atom. The molecule has 0 spiro atoms. The zero-order chi connectivity index (χ0) is 9.26. The number of carbonyl (C=O) groups excluding carboxylic acids is 1. The average molecular weight is 178 g/mol. The van der Waals surface area contributed by atoms with E-state index in [9.17, 15) is 4.79 Å². The number of para-hydroxylation sites is 1. The van der Waals surface area contributed by atoms with Crippen LogP contribution >= 0.6 is 0 Å². The Kier molecular flexibility index (Phi) is 1.90. The first-order chi connectivity index (χ1) is 6.31. The SMILES string of the molecule is O=C(NO)C1Cc2ccccc2N1. The normalized spacial score (nSPS) is 19.0. The van der Waals surface area contributed by atoms with Crippen molar-refractivity contribution in [3.05, 3.63) is 29.8 Å². The minimum Gasteiger partial charge on any atom is -0.373 e. The zero-order valence-electron chi connectivity index (χ0n) is 6.95. The van der Waals surface area contributed by atoms with Crippen molar-refractivity contribution < 1.29 is 10.0 Å². The average Bonchev–Trinajstić information content (AvgIpc) is 2.59. The van der Waals surface area contributed by atoms with Gasteiger partial charge < -0.3 is 5.32 Å². The fourth-order valence-electron chi connectivity index (χ4n) is 1.53. The van der Waals surface area contributed by atoms with Gasteiger partial charge >= 0.3 is 0 Å². The lowest BCUT2D eigenvalue weighted by Crippen LogP contribution is -2.36. The highest BCUT2D eigenvalue weighted by Gasteiger charge is 2.25. The predicted octanol–water partition coefficient (Wildman–Crippen LogP) is 0.529. The number of benzene rings is 1. The lowest BCUT2D eigenvalue weighted by Gasteiger charge is -2.07. The first kappa shape index (κ1) is 8.07. The highest BCUT2D eigenvalue weighted by molar-refractivity contribution is 5.86. The molecule has 1 heterocycles. The summed E-state index contributed by atoms with van der Waals surface area (Å²) in [6.07, 6.45) is 0.628. The second-order valence-electron chi connectivity index (χ2n) is 3.03. The second-order valence-corrected chi connectivity index (χ2v) is 3.03. The van der Waals surface area contributed by atoms with E-state index in [1.807, 2.05) is 24.3 Å². The van der Waals surface area contributed by atoms with E-state index in [2.05, 4.69) is 5.32 Å². The summed E-state index contributed by atoms with van der Waals surface area (Å²) in [5.41, 5.74) is 3.72. The van der Waals surface area contributed by atoms with Crippen LogP contribution in [-0.4, -0.2) is 17.2 Å². The van der Waals surface area contributed by atoms with Gasteiger partial charge in [0.25, 0.3) is 5.91 Å². The molecule has 0 saturated heterocycles. The maximum absolute atomic E-state index is 11.1. The number of amides is 1. The van der Waals surface area contributed by atoms with Crippen LogP contribution in [0.2, 0.25) is 0 Å². The van der Waals surface area contributed by atoms with E-state index in [1.54, 1.807) is 5.48 Å². The number of hydrogen-bond donors (Lipinski definition) is 3. The van der Waals surface area contributed by atoms with Gasteiger partial charge in [0.15, 0.2) is 0 Å². The molecule has 68 valence electrons. The highest BCUT2D eigenvalue weighted by atomic mass is 16.5. The van der Waals surface area contributed by atoms with E-state index < -0.39 is 5.91 Å². The van der Waals surface area contributed by atoms with Crippen molar-refractivity contribution in [2.45, 2.75) is 12.5 Å². The van der Waals surface area contributed by atoms with Crippen LogP contribution in [0.4, 0.5) is 5.69 Å². The topological polar surface area (TPSA) is 61.4 Å². The Labute approximate surface area is 75.5 Å². The van der Waals surface area contributed by atoms with Crippen LogP contribution in [0, 0.1) is 0 Å². The third-order valence-electron chi connectivity index (χ3n) is 2.20. The number of hydrogen-bond acceptors (Lipinski definition) is 3. The zero-order valence-corrected chi connectivity index (χ0v) is 6.95. The van der Waals surface area contributed by atoms with Gasteiger partial charge in [0.1, 0.15) is 6.04 Å². The highest BCUT2D eigenvalue weighted by Crippen LogP contribution is 2.24. The van der Waals surface area contributed by atoms with Gasteiger partial charge in [0, 0.05) is 12.1 Å². The predicted molar refractivity (Wildman–Crippen MR) is 47.5 cm³/mol. The summed E-state index contributed by atoms with van der Waals surface area (Å²) in [4.78, 5) is 11.1. The minimum atomic E-state index is -0.392. The molecule has 1 amide bonds. The van der Waals surface area contributed by atoms with E-state index in [0.717, 1.165) is 11.3 Å². The molecular weight excluding hydrogens is 168 g/mol. The molecule has 0 aromatic heterocycles. The molecule has 0 aliphatic carbocycles. The summed E-state index contributed by atoms with van der Waals surface area (Å²) in [6.45, 7) is 0. The van der Waals surface area contributed by atoms with Crippen LogP contribution in [-0.2, 0) is 11.2 Å². The van der Waals surface area contributed by atoms with Crippen LogP contribution in [0.25, 0.3) is 0 Å². The van der Waals surface area contributed by atoms with E-state index >= 15 is 0 Å². The lowest BCUT2D eigenvalue weighted by molar-refractivity contribution is -0.129. The Morgan fingerprint density at radius 2 is 2.31 bits per heavy atom. The van der Waals surface area contributed by atoms with Gasteiger partial charge in [-0.1, -0.05) is 18.2 Å². The number of hydroxylamine groups is 1. The maximum Gasteiger partial charge on any atom is 0.266 e. The Bertz CT molecular complexity index is 313. The van der Waals surface area contributed by atoms with Gasteiger partial charge in [-0.05, 0) is 11.6 Å². The molecular formula is C9H10N2O2. The minimum absolute atomic E-state index is 0.345. The van der Waals surface area contributed by atoms with Crippen molar-refractivity contribution in [2.24, 2.45) is 0 Å². The van der Waals surface area contributed by atoms with Crippen molar-refractivity contribution in [2.75, 3.05) is 5.32 Å². The quantitative estimate of drug-likeness (QED) is 0.434. The molecule has 13 heavy (non-hydrogen) atoms. The first-order valence-electron chi connectivity index (χ1n) is 4.09.